The molecule has 0 amide bonds. The molecular weight excluding hydrogens is 320 g/mol. The molecule has 0 saturated carbocycles. The molecule has 6 heteroatoms. The van der Waals surface area contributed by atoms with E-state index in [2.05, 4.69) is 26.4 Å². The second kappa shape index (κ2) is 6.22. The summed E-state index contributed by atoms with van der Waals surface area (Å²) in [5.41, 5.74) is 0.853. The lowest BCUT2D eigenvalue weighted by Gasteiger charge is -2.05. The van der Waals surface area contributed by atoms with E-state index in [-0.39, 0.29) is 0 Å². The summed E-state index contributed by atoms with van der Waals surface area (Å²) in [4.78, 5) is 0. The third-order valence-electron chi connectivity index (χ3n) is 2.23. The maximum absolute atomic E-state index is 5.85. The number of aromatic nitrogens is 1. The Labute approximate surface area is 118 Å². The highest BCUT2D eigenvalue weighted by molar-refractivity contribution is 9.10. The van der Waals surface area contributed by atoms with Crippen LogP contribution in [0.1, 0.15) is 11.5 Å². The largest absolute Gasteiger partial charge is 0.484 e. The fourth-order valence-electron chi connectivity index (χ4n) is 1.43. The van der Waals surface area contributed by atoms with Crippen LogP contribution in [-0.2, 0) is 13.2 Å². The lowest BCUT2D eigenvalue weighted by atomic mass is 10.3. The first kappa shape index (κ1) is 13.4. The number of halogens is 2. The van der Waals surface area contributed by atoms with Gasteiger partial charge in [-0.1, -0.05) is 16.8 Å². The molecule has 2 rings (SSSR count). The van der Waals surface area contributed by atoms with Crippen LogP contribution < -0.4 is 10.1 Å². The van der Waals surface area contributed by atoms with Crippen molar-refractivity contribution in [3.63, 3.8) is 0 Å². The van der Waals surface area contributed by atoms with Gasteiger partial charge in [0.25, 0.3) is 0 Å². The molecule has 0 saturated heterocycles. The van der Waals surface area contributed by atoms with Crippen molar-refractivity contribution in [2.75, 3.05) is 7.05 Å². The van der Waals surface area contributed by atoms with Crippen LogP contribution in [0.5, 0.6) is 5.75 Å². The molecule has 1 aromatic carbocycles. The lowest BCUT2D eigenvalue weighted by molar-refractivity contribution is 0.247. The summed E-state index contributed by atoms with van der Waals surface area (Å²) < 4.78 is 11.6. The molecule has 1 N–H and O–H groups in total. The molecule has 0 unspecified atom stereocenters. The molecule has 2 aromatic rings. The van der Waals surface area contributed by atoms with E-state index in [4.69, 9.17) is 20.9 Å². The summed E-state index contributed by atoms with van der Waals surface area (Å²) in [7, 11) is 1.86. The van der Waals surface area contributed by atoms with Gasteiger partial charge in [-0.05, 0) is 41.2 Å². The molecule has 0 spiro atoms. The molecule has 0 bridgehead atoms. The highest BCUT2D eigenvalue weighted by Crippen LogP contribution is 2.28. The topological polar surface area (TPSA) is 47.3 Å². The third kappa shape index (κ3) is 3.48. The second-order valence-corrected chi connectivity index (χ2v) is 4.97. The molecule has 1 heterocycles. The fourth-order valence-corrected chi connectivity index (χ4v) is 2.23. The van der Waals surface area contributed by atoms with Gasteiger partial charge in [-0.25, -0.2) is 0 Å². The maximum Gasteiger partial charge on any atom is 0.174 e. The number of rotatable bonds is 5. The first-order valence-electron chi connectivity index (χ1n) is 5.36. The van der Waals surface area contributed by atoms with Crippen molar-refractivity contribution in [2.24, 2.45) is 0 Å². The van der Waals surface area contributed by atoms with Gasteiger partial charge in [-0.3, -0.25) is 0 Å². The molecule has 1 aromatic heterocycles. The van der Waals surface area contributed by atoms with Crippen LogP contribution in [0.2, 0.25) is 5.02 Å². The minimum absolute atomic E-state index is 0.330. The average molecular weight is 332 g/mol. The van der Waals surface area contributed by atoms with Crippen molar-refractivity contribution in [2.45, 2.75) is 13.2 Å². The lowest BCUT2D eigenvalue weighted by Crippen LogP contribution is -2.04. The van der Waals surface area contributed by atoms with E-state index in [9.17, 15) is 0 Å². The Balaban J connectivity index is 1.97. The Morgan fingerprint density at radius 2 is 2.28 bits per heavy atom. The monoisotopic (exact) mass is 330 g/mol. The summed E-state index contributed by atoms with van der Waals surface area (Å²) in [5.74, 6) is 1.40. The number of ether oxygens (including phenoxy) is 1. The maximum atomic E-state index is 5.85. The van der Waals surface area contributed by atoms with Crippen LogP contribution in [0, 0.1) is 0 Å². The van der Waals surface area contributed by atoms with E-state index in [1.54, 1.807) is 18.2 Å². The highest BCUT2D eigenvalue weighted by atomic mass is 79.9. The number of benzene rings is 1. The van der Waals surface area contributed by atoms with E-state index >= 15 is 0 Å². The molecule has 0 aliphatic rings. The van der Waals surface area contributed by atoms with Crippen molar-refractivity contribution in [3.8, 4) is 5.75 Å². The van der Waals surface area contributed by atoms with Gasteiger partial charge in [0.1, 0.15) is 12.4 Å². The smallest absolute Gasteiger partial charge is 0.174 e. The van der Waals surface area contributed by atoms with Crippen molar-refractivity contribution < 1.29 is 9.26 Å². The zero-order valence-corrected chi connectivity index (χ0v) is 12.1. The molecule has 96 valence electrons. The Kier molecular flexibility index (Phi) is 4.63. The number of nitrogens with zero attached hydrogens (tertiary/aromatic N) is 1. The Bertz CT molecular complexity index is 531. The normalized spacial score (nSPS) is 10.6. The number of hydrogen-bond acceptors (Lipinski definition) is 4. The quantitative estimate of drug-likeness (QED) is 0.912. The Hall–Kier alpha value is -1.04. The van der Waals surface area contributed by atoms with Gasteiger partial charge in [0, 0.05) is 17.6 Å². The van der Waals surface area contributed by atoms with Gasteiger partial charge in [0.15, 0.2) is 5.76 Å². The van der Waals surface area contributed by atoms with Gasteiger partial charge in [-0.15, -0.1) is 0 Å². The molecule has 0 aliphatic carbocycles. The summed E-state index contributed by atoms with van der Waals surface area (Å²) in [6.07, 6.45) is 0. The number of hydrogen-bond donors (Lipinski definition) is 1. The van der Waals surface area contributed by atoms with Crippen LogP contribution in [-0.4, -0.2) is 12.2 Å². The second-order valence-electron chi connectivity index (χ2n) is 3.68. The van der Waals surface area contributed by atoms with Gasteiger partial charge >= 0.3 is 0 Å². The fraction of sp³-hybridized carbons (Fsp3) is 0.250. The molecule has 0 atom stereocenters. The van der Waals surface area contributed by atoms with E-state index in [1.807, 2.05) is 13.1 Å². The minimum Gasteiger partial charge on any atom is -0.484 e. The molecule has 18 heavy (non-hydrogen) atoms. The van der Waals surface area contributed by atoms with Crippen molar-refractivity contribution >= 4 is 27.5 Å². The summed E-state index contributed by atoms with van der Waals surface area (Å²) in [6, 6.07) is 7.22. The first-order valence-corrected chi connectivity index (χ1v) is 6.53. The highest BCUT2D eigenvalue weighted by Gasteiger charge is 2.06. The van der Waals surface area contributed by atoms with Gasteiger partial charge in [0.2, 0.25) is 0 Å². The van der Waals surface area contributed by atoms with Gasteiger partial charge < -0.3 is 14.6 Å². The Morgan fingerprint density at radius 1 is 1.44 bits per heavy atom. The summed E-state index contributed by atoms with van der Waals surface area (Å²) in [5, 5.41) is 7.56. The van der Waals surface area contributed by atoms with E-state index in [0.717, 1.165) is 10.2 Å². The van der Waals surface area contributed by atoms with Crippen molar-refractivity contribution in [1.82, 2.24) is 10.5 Å². The minimum atomic E-state index is 0.330. The van der Waals surface area contributed by atoms with Gasteiger partial charge in [-0.2, -0.15) is 0 Å². The number of nitrogens with one attached hydrogen (secondary N) is 1. The molecule has 4 nitrogen and oxygen atoms in total. The molecular formula is C12H12BrClN2O2. The van der Waals surface area contributed by atoms with Crippen LogP contribution in [0.15, 0.2) is 33.3 Å². The molecule has 0 radical (unpaired) electrons. The summed E-state index contributed by atoms with van der Waals surface area (Å²) >= 11 is 9.24. The summed E-state index contributed by atoms with van der Waals surface area (Å²) in [6.45, 7) is 1.01. The zero-order valence-electron chi connectivity index (χ0n) is 9.74. The zero-order chi connectivity index (χ0) is 13.0. The van der Waals surface area contributed by atoms with Crippen LogP contribution in [0.3, 0.4) is 0 Å². The van der Waals surface area contributed by atoms with Crippen LogP contribution in [0.25, 0.3) is 0 Å². The van der Waals surface area contributed by atoms with Crippen molar-refractivity contribution in [3.05, 3.63) is 45.2 Å². The van der Waals surface area contributed by atoms with E-state index < -0.39 is 0 Å². The molecule has 0 fully saturated rings. The van der Waals surface area contributed by atoms with Crippen LogP contribution >= 0.6 is 27.5 Å². The predicted octanol–water partition coefficient (Wildman–Crippen LogP) is 3.39. The first-order chi connectivity index (χ1) is 8.69. The predicted molar refractivity (Wildman–Crippen MR) is 72.8 cm³/mol. The third-order valence-corrected chi connectivity index (χ3v) is 3.08. The SMILES string of the molecule is CNCc1cc(COc2ccc(Cl)cc2Br)on1. The van der Waals surface area contributed by atoms with E-state index in [1.165, 1.54) is 0 Å². The van der Waals surface area contributed by atoms with Crippen LogP contribution in [0.4, 0.5) is 0 Å². The van der Waals surface area contributed by atoms with Crippen molar-refractivity contribution in [1.29, 1.82) is 0 Å². The standard InChI is InChI=1S/C12H12BrClN2O2/c1-15-6-9-5-10(18-16-9)7-17-12-3-2-8(14)4-11(12)13/h2-5,15H,6-7H2,1H3. The molecule has 0 aliphatic heterocycles. The van der Waals surface area contributed by atoms with Gasteiger partial charge in [0.05, 0.1) is 10.2 Å². The Morgan fingerprint density at radius 3 is 3.00 bits per heavy atom. The average Bonchev–Trinajstić information content (AvgIpc) is 2.76. The van der Waals surface area contributed by atoms with E-state index in [0.29, 0.717) is 29.7 Å².